The van der Waals surface area contributed by atoms with E-state index in [1.807, 2.05) is 0 Å². The van der Waals surface area contributed by atoms with Crippen molar-refractivity contribution in [2.45, 2.75) is 303 Å². The van der Waals surface area contributed by atoms with Crippen molar-refractivity contribution in [1.29, 1.82) is 0 Å². The fraction of sp³-hybridized carbons (Fsp3) is 0.700. The minimum absolute atomic E-state index is 0.0878. The number of hydrogen-bond donors (Lipinski definition) is 0. The van der Waals surface area contributed by atoms with Crippen LogP contribution in [-0.2, 0) is 28.6 Å². The number of unbranched alkanes of at least 4 members (excludes halogenated alkanes) is 28. The topological polar surface area (TPSA) is 78.9 Å². The quantitative estimate of drug-likeness (QED) is 0.0261. The molecule has 0 aromatic rings. The molecule has 0 spiro atoms. The van der Waals surface area contributed by atoms with Crippen molar-refractivity contribution in [3.8, 4) is 0 Å². The van der Waals surface area contributed by atoms with Crippen molar-refractivity contribution < 1.29 is 28.6 Å². The van der Waals surface area contributed by atoms with Gasteiger partial charge in [0.1, 0.15) is 13.2 Å². The summed E-state index contributed by atoms with van der Waals surface area (Å²) >= 11 is 0. The van der Waals surface area contributed by atoms with Gasteiger partial charge in [-0.1, -0.05) is 265 Å². The van der Waals surface area contributed by atoms with Crippen molar-refractivity contribution in [1.82, 2.24) is 0 Å². The van der Waals surface area contributed by atoms with Crippen LogP contribution in [0.3, 0.4) is 0 Å². The first-order valence-electron chi connectivity index (χ1n) is 31.9. The first-order valence-corrected chi connectivity index (χ1v) is 31.9. The third kappa shape index (κ3) is 60.9. The first-order chi connectivity index (χ1) is 37.5. The maximum absolute atomic E-state index is 12.9. The number of carbonyl (C=O) groups excluding carboxylic acids is 3. The molecule has 6 nitrogen and oxygen atoms in total. The Kier molecular flexibility index (Phi) is 60.3. The van der Waals surface area contributed by atoms with Gasteiger partial charge in [-0.25, -0.2) is 0 Å². The Balaban J connectivity index is 4.36. The minimum Gasteiger partial charge on any atom is -0.462 e. The second kappa shape index (κ2) is 63.6. The van der Waals surface area contributed by atoms with Gasteiger partial charge >= 0.3 is 17.9 Å². The Labute approximate surface area is 470 Å². The third-order valence-electron chi connectivity index (χ3n) is 13.5. The zero-order valence-electron chi connectivity index (χ0n) is 49.7. The molecule has 1 unspecified atom stereocenters. The van der Waals surface area contributed by atoms with Crippen molar-refractivity contribution in [2.24, 2.45) is 0 Å². The summed E-state index contributed by atoms with van der Waals surface area (Å²) in [5, 5.41) is 0. The lowest BCUT2D eigenvalue weighted by atomic mass is 10.0. The lowest BCUT2D eigenvalue weighted by Gasteiger charge is -2.18. The van der Waals surface area contributed by atoms with Crippen molar-refractivity contribution in [2.75, 3.05) is 13.2 Å². The van der Waals surface area contributed by atoms with Gasteiger partial charge in [0.2, 0.25) is 0 Å². The first kappa shape index (κ1) is 72.1. The predicted molar refractivity (Wildman–Crippen MR) is 330 cm³/mol. The molecule has 0 aromatic carbocycles. The van der Waals surface area contributed by atoms with E-state index in [1.54, 1.807) is 0 Å². The van der Waals surface area contributed by atoms with Crippen LogP contribution in [0.4, 0.5) is 0 Å². The van der Waals surface area contributed by atoms with Gasteiger partial charge in [0.25, 0.3) is 0 Å². The molecule has 0 rings (SSSR count). The van der Waals surface area contributed by atoms with E-state index < -0.39 is 6.10 Å². The van der Waals surface area contributed by atoms with Crippen LogP contribution in [0.15, 0.2) is 109 Å². The van der Waals surface area contributed by atoms with Gasteiger partial charge in [-0.2, -0.15) is 0 Å². The van der Waals surface area contributed by atoms with Crippen LogP contribution in [0, 0.1) is 0 Å². The van der Waals surface area contributed by atoms with Gasteiger partial charge in [-0.05, 0) is 122 Å². The minimum atomic E-state index is -0.793. The molecular formula is C70H118O6. The number of ether oxygens (including phenoxy) is 3. The van der Waals surface area contributed by atoms with Crippen LogP contribution in [0.5, 0.6) is 0 Å². The Hall–Kier alpha value is -3.93. The van der Waals surface area contributed by atoms with Crippen LogP contribution in [-0.4, -0.2) is 37.2 Å². The number of carbonyl (C=O) groups is 3. The van der Waals surface area contributed by atoms with Crippen LogP contribution >= 0.6 is 0 Å². The average Bonchev–Trinajstić information content (AvgIpc) is 3.42. The fourth-order valence-corrected chi connectivity index (χ4v) is 8.77. The van der Waals surface area contributed by atoms with Crippen LogP contribution in [0.25, 0.3) is 0 Å². The lowest BCUT2D eigenvalue weighted by Crippen LogP contribution is -2.30. The Morgan fingerprint density at radius 2 is 0.513 bits per heavy atom. The van der Waals surface area contributed by atoms with Gasteiger partial charge in [-0.3, -0.25) is 14.4 Å². The highest BCUT2D eigenvalue weighted by Crippen LogP contribution is 2.16. The molecular weight excluding hydrogens is 937 g/mol. The molecule has 0 bridgehead atoms. The molecule has 0 saturated carbocycles. The normalized spacial score (nSPS) is 12.8. The van der Waals surface area contributed by atoms with E-state index in [4.69, 9.17) is 14.2 Å². The molecule has 434 valence electrons. The standard InChI is InChI=1S/C70H118O6/c1-4-7-10-13-16-19-22-25-28-31-32-33-34-35-36-37-38-40-42-45-48-51-54-57-60-63-69(72)75-66-67(65-74-68(71)62-59-56-53-50-47-44-41-30-27-24-21-18-15-12-9-6-3)76-70(73)64-61-58-55-52-49-46-43-39-29-26-23-20-17-14-11-8-5-2/h7-8,10-11,16-17,19-21,24-26,28-30,32-33,41,67H,4-6,9,12-15,18,22-23,27,31,34-40,42-66H2,1-3H3/b10-7-,11-8-,19-16-,20-17-,24-21-,28-25-,29-26-,33-32-,41-30-. The van der Waals surface area contributed by atoms with E-state index in [0.29, 0.717) is 19.3 Å². The largest absolute Gasteiger partial charge is 0.462 e. The molecule has 0 aliphatic rings. The Morgan fingerprint density at radius 3 is 0.803 bits per heavy atom. The zero-order valence-corrected chi connectivity index (χ0v) is 49.7. The molecule has 0 aliphatic carbocycles. The summed E-state index contributed by atoms with van der Waals surface area (Å²) in [6.07, 6.45) is 86.6. The molecule has 0 amide bonds. The van der Waals surface area contributed by atoms with Gasteiger partial charge in [0.05, 0.1) is 0 Å². The van der Waals surface area contributed by atoms with E-state index >= 15 is 0 Å². The number of rotatable bonds is 57. The van der Waals surface area contributed by atoms with Crippen LogP contribution in [0.2, 0.25) is 0 Å². The lowest BCUT2D eigenvalue weighted by molar-refractivity contribution is -0.167. The van der Waals surface area contributed by atoms with E-state index in [2.05, 4.69) is 130 Å². The van der Waals surface area contributed by atoms with Crippen molar-refractivity contribution >= 4 is 17.9 Å². The summed E-state index contributed by atoms with van der Waals surface area (Å²) in [5.74, 6) is -0.906. The second-order valence-corrected chi connectivity index (χ2v) is 20.9. The predicted octanol–water partition coefficient (Wildman–Crippen LogP) is 21.8. The molecule has 0 saturated heterocycles. The SMILES string of the molecule is CC/C=C\C/C=C\C/C=C\C/C=C\CCCCCCCCCCCCCCC(=O)OCC(COC(=O)CCCCCCC/C=C\C/C=C\CCCCCC)OC(=O)CCCCCCCCC/C=C\C/C=C\C/C=C\CC. The van der Waals surface area contributed by atoms with E-state index in [9.17, 15) is 14.4 Å². The third-order valence-corrected chi connectivity index (χ3v) is 13.5. The molecule has 0 aliphatic heterocycles. The molecule has 6 heteroatoms. The van der Waals surface area contributed by atoms with Gasteiger partial charge in [0, 0.05) is 19.3 Å². The summed E-state index contributed by atoms with van der Waals surface area (Å²) < 4.78 is 16.9. The average molecular weight is 1060 g/mol. The summed E-state index contributed by atoms with van der Waals surface area (Å²) in [5.41, 5.74) is 0. The summed E-state index contributed by atoms with van der Waals surface area (Å²) in [7, 11) is 0. The number of esters is 3. The number of hydrogen-bond acceptors (Lipinski definition) is 6. The highest BCUT2D eigenvalue weighted by Gasteiger charge is 2.19. The Morgan fingerprint density at radius 1 is 0.276 bits per heavy atom. The molecule has 0 N–H and O–H groups in total. The second-order valence-electron chi connectivity index (χ2n) is 20.9. The highest BCUT2D eigenvalue weighted by atomic mass is 16.6. The smallest absolute Gasteiger partial charge is 0.306 e. The fourth-order valence-electron chi connectivity index (χ4n) is 8.77. The van der Waals surface area contributed by atoms with Gasteiger partial charge in [-0.15, -0.1) is 0 Å². The molecule has 0 fully saturated rings. The molecule has 76 heavy (non-hydrogen) atoms. The molecule has 1 atom stereocenters. The maximum atomic E-state index is 12.9. The summed E-state index contributed by atoms with van der Waals surface area (Å²) in [6, 6.07) is 0. The van der Waals surface area contributed by atoms with Gasteiger partial charge < -0.3 is 14.2 Å². The van der Waals surface area contributed by atoms with E-state index in [0.717, 1.165) is 135 Å². The summed E-state index contributed by atoms with van der Waals surface area (Å²) in [4.78, 5) is 38.3. The highest BCUT2D eigenvalue weighted by molar-refractivity contribution is 5.71. The van der Waals surface area contributed by atoms with E-state index in [1.165, 1.54) is 122 Å². The monoisotopic (exact) mass is 1050 g/mol. The van der Waals surface area contributed by atoms with Gasteiger partial charge in [0.15, 0.2) is 6.10 Å². The van der Waals surface area contributed by atoms with Crippen molar-refractivity contribution in [3.63, 3.8) is 0 Å². The Bertz CT molecular complexity index is 1540. The molecule has 0 aromatic heterocycles. The zero-order chi connectivity index (χ0) is 55.0. The number of allylic oxidation sites excluding steroid dienone is 18. The van der Waals surface area contributed by atoms with Crippen LogP contribution in [0.1, 0.15) is 297 Å². The van der Waals surface area contributed by atoms with Crippen LogP contribution < -0.4 is 0 Å². The molecule has 0 radical (unpaired) electrons. The van der Waals surface area contributed by atoms with Crippen molar-refractivity contribution in [3.05, 3.63) is 109 Å². The summed E-state index contributed by atoms with van der Waals surface area (Å²) in [6.45, 7) is 6.40. The van der Waals surface area contributed by atoms with E-state index in [-0.39, 0.29) is 31.1 Å². The molecule has 0 heterocycles. The maximum Gasteiger partial charge on any atom is 0.306 e.